The van der Waals surface area contributed by atoms with E-state index < -0.39 is 0 Å². The molecule has 0 saturated heterocycles. The Morgan fingerprint density at radius 1 is 1.12 bits per heavy atom. The van der Waals surface area contributed by atoms with Crippen LogP contribution in [-0.2, 0) is 10.5 Å². The maximum atomic E-state index is 12.4. The molecule has 2 amide bonds. The Morgan fingerprint density at radius 3 is 2.54 bits per heavy atom. The minimum absolute atomic E-state index is 0.0890. The minimum Gasteiger partial charge on any atom is -0.350 e. The second-order valence-corrected chi connectivity index (χ2v) is 7.80. The number of hydrogen-bond acceptors (Lipinski definition) is 3. The van der Waals surface area contributed by atoms with Crippen molar-refractivity contribution < 1.29 is 9.59 Å². The Labute approximate surface area is 167 Å². The van der Waals surface area contributed by atoms with Gasteiger partial charge in [0.05, 0.1) is 17.0 Å². The normalized spacial score (nSPS) is 11.7. The monoisotopic (exact) mass is 434 g/mol. The summed E-state index contributed by atoms with van der Waals surface area (Å²) >= 11 is 5.04. The highest BCUT2D eigenvalue weighted by Gasteiger charge is 2.14. The largest absolute Gasteiger partial charge is 0.350 e. The molecule has 0 aliphatic rings. The molecule has 0 aliphatic carbocycles. The van der Waals surface area contributed by atoms with Gasteiger partial charge in [0, 0.05) is 16.3 Å². The van der Waals surface area contributed by atoms with Crippen molar-refractivity contribution in [2.45, 2.75) is 32.1 Å². The van der Waals surface area contributed by atoms with E-state index in [1.165, 1.54) is 11.8 Å². The summed E-state index contributed by atoms with van der Waals surface area (Å²) in [5.41, 5.74) is 2.18. The molecule has 2 aromatic carbocycles. The van der Waals surface area contributed by atoms with E-state index in [0.29, 0.717) is 17.0 Å². The second kappa shape index (κ2) is 10.4. The van der Waals surface area contributed by atoms with Crippen LogP contribution in [0.15, 0.2) is 53.0 Å². The molecule has 6 heteroatoms. The van der Waals surface area contributed by atoms with Gasteiger partial charge in [-0.1, -0.05) is 53.2 Å². The number of nitrogens with one attached hydrogen (secondary N) is 2. The van der Waals surface area contributed by atoms with Crippen molar-refractivity contribution in [1.82, 2.24) is 5.32 Å². The lowest BCUT2D eigenvalue weighted by molar-refractivity contribution is -0.113. The molecular weight excluding hydrogens is 412 g/mol. The van der Waals surface area contributed by atoms with Crippen molar-refractivity contribution in [2.75, 3.05) is 11.1 Å². The number of amides is 2. The third kappa shape index (κ3) is 6.18. The number of para-hydroxylation sites is 1. The van der Waals surface area contributed by atoms with E-state index >= 15 is 0 Å². The van der Waals surface area contributed by atoms with Gasteiger partial charge in [0.25, 0.3) is 5.91 Å². The highest BCUT2D eigenvalue weighted by Crippen LogP contribution is 2.22. The zero-order valence-corrected chi connectivity index (χ0v) is 17.3. The molecule has 2 N–H and O–H groups in total. The van der Waals surface area contributed by atoms with Gasteiger partial charge in [0.1, 0.15) is 0 Å². The van der Waals surface area contributed by atoms with Crippen LogP contribution >= 0.6 is 27.7 Å². The van der Waals surface area contributed by atoms with Crippen LogP contribution in [0.1, 0.15) is 36.2 Å². The molecule has 0 saturated carbocycles. The first-order valence-corrected chi connectivity index (χ1v) is 10.5. The molecule has 4 nitrogen and oxygen atoms in total. The molecule has 0 spiro atoms. The number of halogens is 1. The lowest BCUT2D eigenvalue weighted by atomic mass is 10.1. The number of benzene rings is 2. The predicted octanol–water partition coefficient (Wildman–Crippen LogP) is 4.85. The van der Waals surface area contributed by atoms with Crippen LogP contribution in [0.25, 0.3) is 0 Å². The van der Waals surface area contributed by atoms with E-state index in [4.69, 9.17) is 0 Å². The van der Waals surface area contributed by atoms with Crippen LogP contribution in [0.4, 0.5) is 5.69 Å². The lowest BCUT2D eigenvalue weighted by Crippen LogP contribution is -2.32. The van der Waals surface area contributed by atoms with Crippen molar-refractivity contribution in [3.05, 3.63) is 64.1 Å². The topological polar surface area (TPSA) is 58.2 Å². The molecule has 0 heterocycles. The number of carbonyl (C=O) groups is 2. The fraction of sp³-hybridized carbons (Fsp3) is 0.300. The van der Waals surface area contributed by atoms with Crippen LogP contribution in [0.3, 0.4) is 0 Å². The molecule has 0 radical (unpaired) electrons. The Hall–Kier alpha value is -1.79. The van der Waals surface area contributed by atoms with Crippen molar-refractivity contribution in [2.24, 2.45) is 0 Å². The zero-order valence-electron chi connectivity index (χ0n) is 14.9. The van der Waals surface area contributed by atoms with E-state index in [0.717, 1.165) is 22.2 Å². The van der Waals surface area contributed by atoms with Gasteiger partial charge in [0.15, 0.2) is 0 Å². The number of carbonyl (C=O) groups excluding carboxylic acids is 2. The SMILES string of the molecule is CC[C@H](C)NC(=O)c1ccccc1NC(=O)CSCc1ccccc1Br. The quantitative estimate of drug-likeness (QED) is 0.623. The Morgan fingerprint density at radius 2 is 1.81 bits per heavy atom. The Kier molecular flexibility index (Phi) is 8.19. The van der Waals surface area contributed by atoms with E-state index in [1.54, 1.807) is 18.2 Å². The third-order valence-electron chi connectivity index (χ3n) is 3.88. The van der Waals surface area contributed by atoms with Crippen LogP contribution in [0.2, 0.25) is 0 Å². The number of thioether (sulfide) groups is 1. The molecule has 0 aliphatic heterocycles. The number of anilines is 1. The molecule has 26 heavy (non-hydrogen) atoms. The molecule has 0 aromatic heterocycles. The summed E-state index contributed by atoms with van der Waals surface area (Å²) in [5, 5.41) is 5.78. The van der Waals surface area contributed by atoms with Gasteiger partial charge in [-0.2, -0.15) is 0 Å². The standard InChI is InChI=1S/C20H23BrN2O2S/c1-3-14(2)22-20(25)16-9-5-7-11-18(16)23-19(24)13-26-12-15-8-4-6-10-17(15)21/h4-11,14H,3,12-13H2,1-2H3,(H,22,25)(H,23,24)/t14-/m0/s1. The second-order valence-electron chi connectivity index (χ2n) is 5.96. The fourth-order valence-corrected chi connectivity index (χ4v) is 3.69. The molecule has 0 fully saturated rings. The number of rotatable bonds is 8. The van der Waals surface area contributed by atoms with Crippen molar-refractivity contribution in [1.29, 1.82) is 0 Å². The van der Waals surface area contributed by atoms with E-state index in [2.05, 4.69) is 26.6 Å². The molecule has 138 valence electrons. The van der Waals surface area contributed by atoms with Crippen LogP contribution in [-0.4, -0.2) is 23.6 Å². The summed E-state index contributed by atoms with van der Waals surface area (Å²) in [7, 11) is 0. The van der Waals surface area contributed by atoms with Gasteiger partial charge >= 0.3 is 0 Å². The van der Waals surface area contributed by atoms with Gasteiger partial charge in [-0.25, -0.2) is 0 Å². The highest BCUT2D eigenvalue weighted by atomic mass is 79.9. The number of hydrogen-bond donors (Lipinski definition) is 2. The van der Waals surface area contributed by atoms with Gasteiger partial charge < -0.3 is 10.6 Å². The molecular formula is C20H23BrN2O2S. The first-order chi connectivity index (χ1) is 12.5. The highest BCUT2D eigenvalue weighted by molar-refractivity contribution is 9.10. The van der Waals surface area contributed by atoms with E-state index in [1.807, 2.05) is 44.2 Å². The van der Waals surface area contributed by atoms with Gasteiger partial charge in [-0.3, -0.25) is 9.59 Å². The summed E-state index contributed by atoms with van der Waals surface area (Å²) in [6.45, 7) is 3.97. The fourth-order valence-electron chi connectivity index (χ4n) is 2.25. The minimum atomic E-state index is -0.170. The summed E-state index contributed by atoms with van der Waals surface area (Å²) < 4.78 is 1.04. The summed E-state index contributed by atoms with van der Waals surface area (Å²) in [6.07, 6.45) is 0.853. The summed E-state index contributed by atoms with van der Waals surface area (Å²) in [4.78, 5) is 24.6. The van der Waals surface area contributed by atoms with Crippen molar-refractivity contribution in [3.63, 3.8) is 0 Å². The Balaban J connectivity index is 1.92. The van der Waals surface area contributed by atoms with E-state index in [9.17, 15) is 9.59 Å². The first-order valence-electron chi connectivity index (χ1n) is 8.52. The maximum Gasteiger partial charge on any atom is 0.253 e. The molecule has 1 atom stereocenters. The predicted molar refractivity (Wildman–Crippen MR) is 113 cm³/mol. The molecule has 2 aromatic rings. The molecule has 2 rings (SSSR count). The average Bonchev–Trinajstić information content (AvgIpc) is 2.63. The molecule has 0 unspecified atom stereocenters. The van der Waals surface area contributed by atoms with Gasteiger partial charge in [-0.15, -0.1) is 11.8 Å². The van der Waals surface area contributed by atoms with Crippen LogP contribution in [0, 0.1) is 0 Å². The van der Waals surface area contributed by atoms with E-state index in [-0.39, 0.29) is 17.9 Å². The average molecular weight is 435 g/mol. The lowest BCUT2D eigenvalue weighted by Gasteiger charge is -2.14. The smallest absolute Gasteiger partial charge is 0.253 e. The summed E-state index contributed by atoms with van der Waals surface area (Å²) in [6, 6.07) is 15.1. The maximum absolute atomic E-state index is 12.4. The van der Waals surface area contributed by atoms with Crippen LogP contribution < -0.4 is 10.6 Å². The van der Waals surface area contributed by atoms with Crippen molar-refractivity contribution >= 4 is 45.2 Å². The van der Waals surface area contributed by atoms with Gasteiger partial charge in [0.2, 0.25) is 5.91 Å². The van der Waals surface area contributed by atoms with Gasteiger partial charge in [-0.05, 0) is 37.1 Å². The Bertz CT molecular complexity index is 767. The van der Waals surface area contributed by atoms with Crippen LogP contribution in [0.5, 0.6) is 0 Å². The summed E-state index contributed by atoms with van der Waals surface area (Å²) in [5.74, 6) is 0.773. The third-order valence-corrected chi connectivity index (χ3v) is 5.64. The zero-order chi connectivity index (χ0) is 18.9. The molecule has 0 bridgehead atoms. The van der Waals surface area contributed by atoms with Crippen molar-refractivity contribution in [3.8, 4) is 0 Å². The first kappa shape index (κ1) is 20.5.